The number of unbranched alkanes of at least 4 members (excludes halogenated alkanes) is 2. The molecule has 5 N–H and O–H groups in total. The van der Waals surface area contributed by atoms with Crippen LogP contribution in [0.1, 0.15) is 91.5 Å². The second kappa shape index (κ2) is 23.1. The van der Waals surface area contributed by atoms with Gasteiger partial charge < -0.3 is 31.3 Å². The molecular formula is C30H51N5O6. The Balaban J connectivity index is 0.00000509. The van der Waals surface area contributed by atoms with Crippen molar-refractivity contribution in [1.29, 1.82) is 0 Å². The Morgan fingerprint density at radius 3 is 2.10 bits per heavy atom. The number of nitrogens with one attached hydrogen (secondary N) is 5. The lowest BCUT2D eigenvalue weighted by Gasteiger charge is -2.19. The molecule has 41 heavy (non-hydrogen) atoms. The minimum absolute atomic E-state index is 0.129. The number of urea groups is 1. The summed E-state index contributed by atoms with van der Waals surface area (Å²) in [5.74, 6) is -0.847. The Labute approximate surface area is 245 Å². The molecule has 0 aromatic heterocycles. The zero-order chi connectivity index (χ0) is 31.0. The van der Waals surface area contributed by atoms with E-state index in [1.54, 1.807) is 24.3 Å². The number of amides is 5. The third kappa shape index (κ3) is 20.9. The standard InChI is InChI=1S/C27H43N5O6.C3H8/c1-19(2)9-6-5-7-11-24(34)30-17-25(35)32-23(10-8-16-29-27(37)28-4)26(36)31-22-14-12-21(13-15-22)18-38-20(3)33;1-3-2/h12-15,19,23H,5-11,16-18H2,1-4H3,(H,30,34)(H,31,36)(H,32,35)(H2,28,29,37);3H2,1-2H3. The van der Waals surface area contributed by atoms with E-state index in [1.807, 2.05) is 0 Å². The SMILES string of the molecule is CCC.CNC(=O)NCCCC(NC(=O)CNC(=O)CCCCCC(C)C)C(=O)Nc1ccc(COC(C)=O)cc1. The highest BCUT2D eigenvalue weighted by Crippen LogP contribution is 2.12. The van der Waals surface area contributed by atoms with Crippen molar-refractivity contribution in [1.82, 2.24) is 21.3 Å². The van der Waals surface area contributed by atoms with Crippen molar-refractivity contribution in [2.45, 2.75) is 98.6 Å². The molecule has 0 saturated carbocycles. The minimum atomic E-state index is -0.873. The summed E-state index contributed by atoms with van der Waals surface area (Å²) >= 11 is 0. The van der Waals surface area contributed by atoms with E-state index in [1.165, 1.54) is 20.4 Å². The van der Waals surface area contributed by atoms with E-state index in [2.05, 4.69) is 54.3 Å². The number of carbonyl (C=O) groups is 5. The average Bonchev–Trinajstić information content (AvgIpc) is 2.92. The fourth-order valence-electron chi connectivity index (χ4n) is 3.49. The Morgan fingerprint density at radius 1 is 0.854 bits per heavy atom. The van der Waals surface area contributed by atoms with Crippen molar-refractivity contribution in [3.63, 3.8) is 0 Å². The number of esters is 1. The lowest BCUT2D eigenvalue weighted by atomic mass is 10.0. The van der Waals surface area contributed by atoms with E-state index in [4.69, 9.17) is 4.74 Å². The van der Waals surface area contributed by atoms with Gasteiger partial charge in [-0.1, -0.05) is 65.5 Å². The van der Waals surface area contributed by atoms with Gasteiger partial charge in [0.15, 0.2) is 0 Å². The Hall–Kier alpha value is -3.63. The molecule has 232 valence electrons. The van der Waals surface area contributed by atoms with Gasteiger partial charge in [-0.3, -0.25) is 19.2 Å². The first-order valence-corrected chi connectivity index (χ1v) is 14.6. The summed E-state index contributed by atoms with van der Waals surface area (Å²) in [5.41, 5.74) is 1.27. The third-order valence-corrected chi connectivity index (χ3v) is 5.63. The first-order valence-electron chi connectivity index (χ1n) is 14.6. The summed E-state index contributed by atoms with van der Waals surface area (Å²) in [6.45, 7) is 10.1. The zero-order valence-corrected chi connectivity index (χ0v) is 25.7. The molecular weight excluding hydrogens is 526 g/mol. The van der Waals surface area contributed by atoms with E-state index in [-0.39, 0.29) is 37.5 Å². The number of hydrogen-bond acceptors (Lipinski definition) is 6. The Morgan fingerprint density at radius 2 is 1.51 bits per heavy atom. The lowest BCUT2D eigenvalue weighted by Crippen LogP contribution is -2.47. The molecule has 1 aromatic carbocycles. The van der Waals surface area contributed by atoms with Gasteiger partial charge in [0, 0.05) is 32.6 Å². The fraction of sp³-hybridized carbons (Fsp3) is 0.633. The Bertz CT molecular complexity index is 920. The second-order valence-electron chi connectivity index (χ2n) is 10.2. The van der Waals surface area contributed by atoms with E-state index < -0.39 is 17.9 Å². The zero-order valence-electron chi connectivity index (χ0n) is 25.7. The molecule has 1 rings (SSSR count). The molecule has 11 heteroatoms. The van der Waals surface area contributed by atoms with Crippen LogP contribution in [0.3, 0.4) is 0 Å². The number of hydrogen-bond donors (Lipinski definition) is 5. The molecule has 11 nitrogen and oxygen atoms in total. The molecule has 0 aliphatic heterocycles. The monoisotopic (exact) mass is 577 g/mol. The first-order chi connectivity index (χ1) is 19.5. The van der Waals surface area contributed by atoms with Crippen LogP contribution in [0.25, 0.3) is 0 Å². The van der Waals surface area contributed by atoms with E-state index in [0.717, 1.165) is 31.2 Å². The van der Waals surface area contributed by atoms with Crippen molar-refractivity contribution in [2.24, 2.45) is 5.92 Å². The number of ether oxygens (including phenoxy) is 1. The van der Waals surface area contributed by atoms with Gasteiger partial charge in [-0.05, 0) is 42.9 Å². The molecule has 1 unspecified atom stereocenters. The average molecular weight is 578 g/mol. The smallest absolute Gasteiger partial charge is 0.314 e. The minimum Gasteiger partial charge on any atom is -0.461 e. The van der Waals surface area contributed by atoms with Gasteiger partial charge in [-0.2, -0.15) is 0 Å². The highest BCUT2D eigenvalue weighted by atomic mass is 16.5. The molecule has 0 radical (unpaired) electrons. The van der Waals surface area contributed by atoms with Gasteiger partial charge in [-0.25, -0.2) is 4.79 Å². The quantitative estimate of drug-likeness (QED) is 0.139. The van der Waals surface area contributed by atoms with Gasteiger partial charge in [0.05, 0.1) is 6.54 Å². The van der Waals surface area contributed by atoms with E-state index >= 15 is 0 Å². The van der Waals surface area contributed by atoms with Crippen LogP contribution in [-0.4, -0.2) is 55.9 Å². The van der Waals surface area contributed by atoms with Crippen molar-refractivity contribution in [3.8, 4) is 0 Å². The number of carbonyl (C=O) groups excluding carboxylic acids is 5. The van der Waals surface area contributed by atoms with Crippen LogP contribution >= 0.6 is 0 Å². The summed E-state index contributed by atoms with van der Waals surface area (Å²) in [4.78, 5) is 59.9. The fourth-order valence-corrected chi connectivity index (χ4v) is 3.49. The second-order valence-corrected chi connectivity index (χ2v) is 10.2. The van der Waals surface area contributed by atoms with Gasteiger partial charge in [0.25, 0.3) is 0 Å². The molecule has 1 atom stereocenters. The molecule has 0 aliphatic rings. The first kappa shape index (κ1) is 37.4. The molecule has 1 aromatic rings. The normalized spacial score (nSPS) is 10.9. The highest BCUT2D eigenvalue weighted by Gasteiger charge is 2.21. The summed E-state index contributed by atoms with van der Waals surface area (Å²) in [7, 11) is 1.50. The van der Waals surface area contributed by atoms with Crippen LogP contribution in [0.4, 0.5) is 10.5 Å². The van der Waals surface area contributed by atoms with E-state index in [9.17, 15) is 24.0 Å². The van der Waals surface area contributed by atoms with Gasteiger partial charge >= 0.3 is 12.0 Å². The van der Waals surface area contributed by atoms with Crippen LogP contribution in [0.2, 0.25) is 0 Å². The summed E-state index contributed by atoms with van der Waals surface area (Å²) in [6.07, 6.45) is 6.26. The third-order valence-electron chi connectivity index (χ3n) is 5.63. The topological polar surface area (TPSA) is 155 Å². The predicted molar refractivity (Wildman–Crippen MR) is 161 cm³/mol. The highest BCUT2D eigenvalue weighted by molar-refractivity contribution is 5.97. The van der Waals surface area contributed by atoms with Crippen molar-refractivity contribution in [2.75, 3.05) is 25.5 Å². The maximum Gasteiger partial charge on any atom is 0.314 e. The predicted octanol–water partition coefficient (Wildman–Crippen LogP) is 4.02. The van der Waals surface area contributed by atoms with Crippen LogP contribution in [0, 0.1) is 5.92 Å². The maximum atomic E-state index is 12.9. The number of rotatable bonds is 17. The lowest BCUT2D eigenvalue weighted by molar-refractivity contribution is -0.142. The summed E-state index contributed by atoms with van der Waals surface area (Å²) < 4.78 is 4.95. The molecule has 0 fully saturated rings. The van der Waals surface area contributed by atoms with Gasteiger partial charge in [-0.15, -0.1) is 0 Å². The number of benzene rings is 1. The summed E-state index contributed by atoms with van der Waals surface area (Å²) in [5, 5.41) is 13.1. The van der Waals surface area contributed by atoms with Crippen molar-refractivity contribution in [3.05, 3.63) is 29.8 Å². The molecule has 5 amide bonds. The van der Waals surface area contributed by atoms with Crippen LogP contribution in [-0.2, 0) is 30.5 Å². The van der Waals surface area contributed by atoms with E-state index in [0.29, 0.717) is 31.0 Å². The van der Waals surface area contributed by atoms with Crippen molar-refractivity contribution < 1.29 is 28.7 Å². The van der Waals surface area contributed by atoms with Crippen LogP contribution in [0.15, 0.2) is 24.3 Å². The maximum absolute atomic E-state index is 12.9. The summed E-state index contributed by atoms with van der Waals surface area (Å²) in [6, 6.07) is 5.57. The molecule has 0 spiro atoms. The molecule has 0 saturated heterocycles. The Kier molecular flexibility index (Phi) is 21.1. The molecule has 0 heterocycles. The largest absolute Gasteiger partial charge is 0.461 e. The molecule has 0 bridgehead atoms. The molecule has 0 aliphatic carbocycles. The van der Waals surface area contributed by atoms with Crippen LogP contribution in [0.5, 0.6) is 0 Å². The number of anilines is 1. The van der Waals surface area contributed by atoms with Crippen molar-refractivity contribution >= 4 is 35.4 Å². The van der Waals surface area contributed by atoms with Crippen LogP contribution < -0.4 is 26.6 Å². The van der Waals surface area contributed by atoms with Gasteiger partial charge in [0.2, 0.25) is 17.7 Å². The van der Waals surface area contributed by atoms with Gasteiger partial charge in [0.1, 0.15) is 12.6 Å².